The Morgan fingerprint density at radius 3 is 2.44 bits per heavy atom. The normalized spacial score (nSPS) is 15.9. The Hall–Kier alpha value is -2.22. The van der Waals surface area contributed by atoms with Crippen LogP contribution in [0.25, 0.3) is 0 Å². The Labute approximate surface area is 146 Å². The number of hydrogen-bond acceptors (Lipinski definition) is 5. The number of nitrogens with zero attached hydrogens (tertiary/aromatic N) is 3. The summed E-state index contributed by atoms with van der Waals surface area (Å²) in [5.41, 5.74) is -0.297. The second-order valence-corrected chi connectivity index (χ2v) is 7.09. The first-order valence-corrected chi connectivity index (χ1v) is 8.29. The number of non-ortho nitro benzene ring substituents is 1. The van der Waals surface area contributed by atoms with Gasteiger partial charge < -0.3 is 9.64 Å². The summed E-state index contributed by atoms with van der Waals surface area (Å²) in [7, 11) is 0. The van der Waals surface area contributed by atoms with Gasteiger partial charge in [-0.05, 0) is 38.8 Å². The van der Waals surface area contributed by atoms with Crippen LogP contribution in [-0.4, -0.2) is 59.1 Å². The van der Waals surface area contributed by atoms with Crippen molar-refractivity contribution in [2.45, 2.75) is 32.8 Å². The number of ether oxygens (including phenoxy) is 1. The lowest BCUT2D eigenvalue weighted by Gasteiger charge is -2.35. The van der Waals surface area contributed by atoms with Crippen LogP contribution < -0.4 is 0 Å². The van der Waals surface area contributed by atoms with E-state index in [1.54, 1.807) is 4.90 Å². The Morgan fingerprint density at radius 2 is 1.92 bits per heavy atom. The lowest BCUT2D eigenvalue weighted by Crippen LogP contribution is -2.50. The average molecular weight is 353 g/mol. The Morgan fingerprint density at radius 1 is 1.28 bits per heavy atom. The SMILES string of the molecule is CC(C)(C)OC(=O)N1CCN(CCc2ccc([N+](=O)[O-])cc2F)CC1. The molecule has 1 heterocycles. The van der Waals surface area contributed by atoms with Crippen LogP contribution in [0, 0.1) is 15.9 Å². The van der Waals surface area contributed by atoms with Gasteiger partial charge in [0.2, 0.25) is 0 Å². The van der Waals surface area contributed by atoms with E-state index in [1.165, 1.54) is 12.1 Å². The van der Waals surface area contributed by atoms with Gasteiger partial charge in [-0.15, -0.1) is 0 Å². The smallest absolute Gasteiger partial charge is 0.410 e. The van der Waals surface area contributed by atoms with Crippen molar-refractivity contribution in [3.8, 4) is 0 Å². The van der Waals surface area contributed by atoms with Crippen LogP contribution in [0.15, 0.2) is 18.2 Å². The summed E-state index contributed by atoms with van der Waals surface area (Å²) in [6.45, 7) is 8.65. The molecule has 1 amide bonds. The first kappa shape index (κ1) is 19.1. The summed E-state index contributed by atoms with van der Waals surface area (Å²) in [5.74, 6) is -0.554. The molecule has 1 aliphatic heterocycles. The number of rotatable bonds is 4. The maximum absolute atomic E-state index is 13.9. The molecule has 8 heteroatoms. The summed E-state index contributed by atoms with van der Waals surface area (Å²) in [4.78, 5) is 25.8. The number of carbonyl (C=O) groups excluding carboxylic acids is 1. The number of hydrogen-bond donors (Lipinski definition) is 0. The van der Waals surface area contributed by atoms with Gasteiger partial charge in [-0.1, -0.05) is 0 Å². The summed E-state index contributed by atoms with van der Waals surface area (Å²) < 4.78 is 19.2. The van der Waals surface area contributed by atoms with E-state index < -0.39 is 16.3 Å². The van der Waals surface area contributed by atoms with Crippen LogP contribution in [0.3, 0.4) is 0 Å². The number of carbonyl (C=O) groups is 1. The fraction of sp³-hybridized carbons (Fsp3) is 0.588. The minimum Gasteiger partial charge on any atom is -0.444 e. The third-order valence-corrected chi connectivity index (χ3v) is 3.97. The number of halogens is 1. The largest absolute Gasteiger partial charge is 0.444 e. The molecule has 0 aliphatic carbocycles. The molecule has 25 heavy (non-hydrogen) atoms. The monoisotopic (exact) mass is 353 g/mol. The molecule has 1 fully saturated rings. The molecule has 138 valence electrons. The van der Waals surface area contributed by atoms with E-state index in [1.807, 2.05) is 20.8 Å². The third-order valence-electron chi connectivity index (χ3n) is 3.97. The van der Waals surface area contributed by atoms with Crippen LogP contribution in [-0.2, 0) is 11.2 Å². The highest BCUT2D eigenvalue weighted by molar-refractivity contribution is 5.68. The first-order valence-electron chi connectivity index (χ1n) is 8.29. The minimum atomic E-state index is -0.608. The summed E-state index contributed by atoms with van der Waals surface area (Å²) in [5, 5.41) is 10.6. The number of piperazine rings is 1. The van der Waals surface area contributed by atoms with Crippen LogP contribution >= 0.6 is 0 Å². The van der Waals surface area contributed by atoms with Gasteiger partial charge in [0.15, 0.2) is 0 Å². The highest BCUT2D eigenvalue weighted by Gasteiger charge is 2.25. The molecule has 2 rings (SSSR count). The van der Waals surface area contributed by atoms with Crippen molar-refractivity contribution < 1.29 is 18.8 Å². The molecular formula is C17H24FN3O4. The molecule has 0 aromatic heterocycles. The summed E-state index contributed by atoms with van der Waals surface area (Å²) >= 11 is 0. The predicted octanol–water partition coefficient (Wildman–Crippen LogP) is 2.83. The van der Waals surface area contributed by atoms with Crippen molar-refractivity contribution in [1.29, 1.82) is 0 Å². The number of nitro groups is 1. The molecule has 0 spiro atoms. The van der Waals surface area contributed by atoms with Gasteiger partial charge in [0, 0.05) is 38.8 Å². The van der Waals surface area contributed by atoms with Gasteiger partial charge in [-0.2, -0.15) is 0 Å². The molecule has 1 aliphatic rings. The Kier molecular flexibility index (Phi) is 5.94. The second kappa shape index (κ2) is 7.77. The molecule has 1 saturated heterocycles. The number of nitro benzene ring substituents is 1. The Bertz CT molecular complexity index is 637. The van der Waals surface area contributed by atoms with Gasteiger partial charge in [-0.25, -0.2) is 9.18 Å². The molecule has 0 atom stereocenters. The second-order valence-electron chi connectivity index (χ2n) is 7.09. The molecule has 7 nitrogen and oxygen atoms in total. The number of amides is 1. The lowest BCUT2D eigenvalue weighted by atomic mass is 10.1. The van der Waals surface area contributed by atoms with Gasteiger partial charge in [0.05, 0.1) is 11.0 Å². The Balaban J connectivity index is 1.81. The minimum absolute atomic E-state index is 0.243. The van der Waals surface area contributed by atoms with E-state index in [9.17, 15) is 19.3 Å². The number of benzene rings is 1. The molecule has 1 aromatic rings. The summed E-state index contributed by atoms with van der Waals surface area (Å²) in [6, 6.07) is 3.74. The van der Waals surface area contributed by atoms with Crippen LogP contribution in [0.1, 0.15) is 26.3 Å². The van der Waals surface area contributed by atoms with Crippen molar-refractivity contribution in [1.82, 2.24) is 9.80 Å². The predicted molar refractivity (Wildman–Crippen MR) is 91.0 cm³/mol. The van der Waals surface area contributed by atoms with E-state index >= 15 is 0 Å². The van der Waals surface area contributed by atoms with E-state index in [2.05, 4.69) is 4.90 Å². The first-order chi connectivity index (χ1) is 11.7. The zero-order valence-corrected chi connectivity index (χ0v) is 14.8. The average Bonchev–Trinajstić information content (AvgIpc) is 2.52. The van der Waals surface area contributed by atoms with Gasteiger partial charge in [-0.3, -0.25) is 15.0 Å². The van der Waals surface area contributed by atoms with E-state index in [4.69, 9.17) is 4.74 Å². The fourth-order valence-corrected chi connectivity index (χ4v) is 2.61. The molecule has 1 aromatic carbocycles. The van der Waals surface area contributed by atoms with Crippen molar-refractivity contribution in [2.24, 2.45) is 0 Å². The van der Waals surface area contributed by atoms with Crippen LogP contribution in [0.4, 0.5) is 14.9 Å². The van der Waals surface area contributed by atoms with Crippen LogP contribution in [0.5, 0.6) is 0 Å². The zero-order chi connectivity index (χ0) is 18.6. The topological polar surface area (TPSA) is 75.9 Å². The molecule has 0 radical (unpaired) electrons. The maximum Gasteiger partial charge on any atom is 0.410 e. The van der Waals surface area contributed by atoms with Gasteiger partial charge in [0.1, 0.15) is 11.4 Å². The van der Waals surface area contributed by atoms with Crippen molar-refractivity contribution in [3.63, 3.8) is 0 Å². The van der Waals surface area contributed by atoms with Crippen molar-refractivity contribution >= 4 is 11.8 Å². The van der Waals surface area contributed by atoms with Crippen LogP contribution in [0.2, 0.25) is 0 Å². The molecular weight excluding hydrogens is 329 g/mol. The molecule has 0 bridgehead atoms. The zero-order valence-electron chi connectivity index (χ0n) is 14.8. The standard InChI is InChI=1S/C17H24FN3O4/c1-17(2,3)25-16(22)20-10-8-19(9-11-20)7-6-13-4-5-14(21(23)24)12-15(13)18/h4-5,12H,6-11H2,1-3H3. The summed E-state index contributed by atoms with van der Waals surface area (Å²) in [6.07, 6.45) is 0.157. The van der Waals surface area contributed by atoms with Gasteiger partial charge >= 0.3 is 6.09 Å². The highest BCUT2D eigenvalue weighted by Crippen LogP contribution is 2.18. The molecule has 0 unspecified atom stereocenters. The fourth-order valence-electron chi connectivity index (χ4n) is 2.61. The quantitative estimate of drug-likeness (QED) is 0.614. The highest BCUT2D eigenvalue weighted by atomic mass is 19.1. The van der Waals surface area contributed by atoms with Gasteiger partial charge in [0.25, 0.3) is 5.69 Å². The van der Waals surface area contributed by atoms with Crippen molar-refractivity contribution in [2.75, 3.05) is 32.7 Å². The van der Waals surface area contributed by atoms with E-state index in [0.717, 1.165) is 6.07 Å². The molecule has 0 saturated carbocycles. The lowest BCUT2D eigenvalue weighted by molar-refractivity contribution is -0.385. The molecule has 0 N–H and O–H groups in total. The van der Waals surface area contributed by atoms with Crippen molar-refractivity contribution in [3.05, 3.63) is 39.7 Å². The van der Waals surface area contributed by atoms with E-state index in [-0.39, 0.29) is 11.8 Å². The maximum atomic E-state index is 13.9. The third kappa shape index (κ3) is 5.67. The van der Waals surface area contributed by atoms with E-state index in [0.29, 0.717) is 44.7 Å².